The summed E-state index contributed by atoms with van der Waals surface area (Å²) < 4.78 is 0. The highest BCUT2D eigenvalue weighted by Crippen LogP contribution is 2.20. The average molecular weight is 192 g/mol. The van der Waals surface area contributed by atoms with E-state index in [0.717, 1.165) is 6.42 Å². The highest BCUT2D eigenvalue weighted by molar-refractivity contribution is 7.98. The molecule has 0 fully saturated rings. The first-order chi connectivity index (χ1) is 6.30. The third kappa shape index (κ3) is 2.92. The number of rotatable bonds is 4. The molecule has 13 heavy (non-hydrogen) atoms. The van der Waals surface area contributed by atoms with Crippen molar-refractivity contribution in [2.75, 3.05) is 6.26 Å². The molecule has 0 amide bonds. The van der Waals surface area contributed by atoms with Crippen molar-refractivity contribution in [3.05, 3.63) is 35.9 Å². The van der Waals surface area contributed by atoms with E-state index in [2.05, 4.69) is 38.0 Å². The van der Waals surface area contributed by atoms with Gasteiger partial charge in [-0.2, -0.15) is 0 Å². The molecule has 0 radical (unpaired) electrons. The first-order valence-electron chi connectivity index (χ1n) is 4.60. The van der Waals surface area contributed by atoms with Crippen molar-refractivity contribution >= 4 is 17.8 Å². The second-order valence-corrected chi connectivity index (χ2v) is 3.95. The topological polar surface area (TPSA) is 0 Å². The minimum Gasteiger partial charge on any atom is -0.130 e. The Balaban J connectivity index is 2.99. The Morgan fingerprint density at radius 1 is 1.38 bits per heavy atom. The van der Waals surface area contributed by atoms with Crippen LogP contribution in [-0.4, -0.2) is 6.26 Å². The quantitative estimate of drug-likeness (QED) is 0.650. The fourth-order valence-electron chi connectivity index (χ4n) is 1.35. The normalized spacial score (nSPS) is 10.0. The molecule has 0 atom stereocenters. The van der Waals surface area contributed by atoms with Gasteiger partial charge in [0, 0.05) is 4.90 Å². The Kier molecular flexibility index (Phi) is 4.10. The molecule has 70 valence electrons. The largest absolute Gasteiger partial charge is 0.130 e. The van der Waals surface area contributed by atoms with Crippen molar-refractivity contribution in [2.45, 2.75) is 24.7 Å². The zero-order chi connectivity index (χ0) is 9.68. The van der Waals surface area contributed by atoms with Crippen LogP contribution in [0.4, 0.5) is 0 Å². The summed E-state index contributed by atoms with van der Waals surface area (Å²) in [6.45, 7) is 6.01. The van der Waals surface area contributed by atoms with Crippen molar-refractivity contribution in [3.63, 3.8) is 0 Å². The molecule has 1 aromatic rings. The molecule has 0 saturated heterocycles. The van der Waals surface area contributed by atoms with Crippen LogP contribution >= 0.6 is 11.8 Å². The second kappa shape index (κ2) is 5.13. The van der Waals surface area contributed by atoms with E-state index in [1.807, 2.05) is 6.08 Å². The number of hydrogen-bond donors (Lipinski definition) is 0. The van der Waals surface area contributed by atoms with Crippen LogP contribution in [0.3, 0.4) is 0 Å². The summed E-state index contributed by atoms with van der Waals surface area (Å²) in [6, 6.07) is 6.66. The van der Waals surface area contributed by atoms with Crippen LogP contribution in [0.15, 0.2) is 29.7 Å². The van der Waals surface area contributed by atoms with Crippen LogP contribution in [0.25, 0.3) is 6.08 Å². The van der Waals surface area contributed by atoms with Gasteiger partial charge < -0.3 is 0 Å². The van der Waals surface area contributed by atoms with Crippen LogP contribution in [-0.2, 0) is 6.42 Å². The summed E-state index contributed by atoms with van der Waals surface area (Å²) in [5, 5.41) is 0. The van der Waals surface area contributed by atoms with Crippen LogP contribution < -0.4 is 0 Å². The molecule has 0 N–H and O–H groups in total. The van der Waals surface area contributed by atoms with Crippen molar-refractivity contribution in [3.8, 4) is 0 Å². The van der Waals surface area contributed by atoms with Gasteiger partial charge in [-0.1, -0.05) is 32.1 Å². The molecule has 1 aromatic carbocycles. The van der Waals surface area contributed by atoms with Gasteiger partial charge in [-0.15, -0.1) is 11.8 Å². The van der Waals surface area contributed by atoms with E-state index in [0.29, 0.717) is 0 Å². The molecular formula is C12H16S. The van der Waals surface area contributed by atoms with Gasteiger partial charge in [0.05, 0.1) is 0 Å². The molecule has 0 unspecified atom stereocenters. The van der Waals surface area contributed by atoms with Gasteiger partial charge in [0.2, 0.25) is 0 Å². The molecule has 0 saturated carbocycles. The molecule has 0 aliphatic carbocycles. The second-order valence-electron chi connectivity index (χ2n) is 3.07. The Morgan fingerprint density at radius 3 is 2.69 bits per heavy atom. The zero-order valence-corrected chi connectivity index (χ0v) is 9.16. The van der Waals surface area contributed by atoms with Crippen molar-refractivity contribution in [1.29, 1.82) is 0 Å². The fourth-order valence-corrected chi connectivity index (χ4v) is 1.88. The minimum absolute atomic E-state index is 1.16. The third-order valence-corrected chi connectivity index (χ3v) is 2.71. The molecule has 0 aliphatic heterocycles. The maximum Gasteiger partial charge on any atom is 0.00778 e. The van der Waals surface area contributed by atoms with Gasteiger partial charge >= 0.3 is 0 Å². The highest BCUT2D eigenvalue weighted by atomic mass is 32.2. The molecule has 0 heterocycles. The maximum atomic E-state index is 3.80. The van der Waals surface area contributed by atoms with Gasteiger partial charge in [0.25, 0.3) is 0 Å². The number of benzene rings is 1. The lowest BCUT2D eigenvalue weighted by molar-refractivity contribution is 0.917. The fraction of sp³-hybridized carbons (Fsp3) is 0.333. The Labute approximate surface area is 85.1 Å². The lowest BCUT2D eigenvalue weighted by Gasteiger charge is -2.04. The van der Waals surface area contributed by atoms with E-state index in [-0.39, 0.29) is 0 Å². The molecule has 1 heteroatoms. The predicted molar refractivity (Wildman–Crippen MR) is 62.3 cm³/mol. The highest BCUT2D eigenvalue weighted by Gasteiger charge is 1.97. The van der Waals surface area contributed by atoms with E-state index >= 15 is 0 Å². The Morgan fingerprint density at radius 2 is 2.15 bits per heavy atom. The predicted octanol–water partition coefficient (Wildman–Crippen LogP) is 4.00. The van der Waals surface area contributed by atoms with Gasteiger partial charge in [-0.25, -0.2) is 0 Å². The Hall–Kier alpha value is -0.690. The standard InChI is InChI=1S/C12H16S/c1-4-6-11-7-10(5-2)8-12(9-11)13-3/h5,7-9H,2,4,6H2,1,3H3. The molecule has 0 nitrogen and oxygen atoms in total. The summed E-state index contributed by atoms with van der Waals surface area (Å²) in [4.78, 5) is 1.33. The summed E-state index contributed by atoms with van der Waals surface area (Å²) >= 11 is 1.79. The van der Waals surface area contributed by atoms with Crippen LogP contribution in [0, 0.1) is 0 Å². The molecule has 0 spiro atoms. The van der Waals surface area contributed by atoms with E-state index in [4.69, 9.17) is 0 Å². The van der Waals surface area contributed by atoms with E-state index in [1.54, 1.807) is 11.8 Å². The average Bonchev–Trinajstić information content (AvgIpc) is 2.17. The van der Waals surface area contributed by atoms with Crippen molar-refractivity contribution < 1.29 is 0 Å². The van der Waals surface area contributed by atoms with Crippen LogP contribution in [0.2, 0.25) is 0 Å². The molecule has 0 aliphatic rings. The van der Waals surface area contributed by atoms with Crippen molar-refractivity contribution in [2.24, 2.45) is 0 Å². The minimum atomic E-state index is 1.16. The summed E-state index contributed by atoms with van der Waals surface area (Å²) in [6.07, 6.45) is 6.39. The summed E-state index contributed by atoms with van der Waals surface area (Å²) in [7, 11) is 0. The first-order valence-corrected chi connectivity index (χ1v) is 5.83. The van der Waals surface area contributed by atoms with Gasteiger partial charge in [-0.3, -0.25) is 0 Å². The molecule has 0 bridgehead atoms. The van der Waals surface area contributed by atoms with Gasteiger partial charge in [-0.05, 0) is 35.9 Å². The molecule has 0 aromatic heterocycles. The summed E-state index contributed by atoms with van der Waals surface area (Å²) in [5.74, 6) is 0. The summed E-state index contributed by atoms with van der Waals surface area (Å²) in [5.41, 5.74) is 2.65. The first kappa shape index (κ1) is 10.4. The zero-order valence-electron chi connectivity index (χ0n) is 8.34. The molecular weight excluding hydrogens is 176 g/mol. The lowest BCUT2D eigenvalue weighted by atomic mass is 10.1. The Bertz CT molecular complexity index is 289. The number of hydrogen-bond acceptors (Lipinski definition) is 1. The third-order valence-electron chi connectivity index (χ3n) is 2.00. The van der Waals surface area contributed by atoms with Gasteiger partial charge in [0.15, 0.2) is 0 Å². The maximum absolute atomic E-state index is 3.80. The van der Waals surface area contributed by atoms with E-state index in [9.17, 15) is 0 Å². The number of thioether (sulfide) groups is 1. The van der Waals surface area contributed by atoms with Crippen molar-refractivity contribution in [1.82, 2.24) is 0 Å². The molecule has 1 rings (SSSR count). The van der Waals surface area contributed by atoms with Crippen LogP contribution in [0.1, 0.15) is 24.5 Å². The monoisotopic (exact) mass is 192 g/mol. The van der Waals surface area contributed by atoms with E-state index in [1.165, 1.54) is 22.4 Å². The SMILES string of the molecule is C=Cc1cc(CCC)cc(SC)c1. The smallest absolute Gasteiger partial charge is 0.00778 e. The van der Waals surface area contributed by atoms with Crippen LogP contribution in [0.5, 0.6) is 0 Å². The van der Waals surface area contributed by atoms with Gasteiger partial charge in [0.1, 0.15) is 0 Å². The number of aryl methyl sites for hydroxylation is 1. The van der Waals surface area contributed by atoms with E-state index < -0.39 is 0 Å². The lowest BCUT2D eigenvalue weighted by Crippen LogP contribution is -1.85.